The third-order valence-electron chi connectivity index (χ3n) is 4.70. The maximum atomic E-state index is 12.6. The highest BCUT2D eigenvalue weighted by atomic mass is 35.5. The van der Waals surface area contributed by atoms with E-state index in [9.17, 15) is 4.79 Å². The number of carbonyl (C=O) groups is 1. The van der Waals surface area contributed by atoms with Gasteiger partial charge in [-0.1, -0.05) is 11.6 Å². The van der Waals surface area contributed by atoms with E-state index in [0.717, 1.165) is 26.1 Å². The lowest BCUT2D eigenvalue weighted by atomic mass is 9.84. The van der Waals surface area contributed by atoms with Crippen LogP contribution in [0, 0.1) is 5.92 Å². The van der Waals surface area contributed by atoms with Gasteiger partial charge in [-0.05, 0) is 50.9 Å². The van der Waals surface area contributed by atoms with Gasteiger partial charge in [-0.25, -0.2) is 4.98 Å². The van der Waals surface area contributed by atoms with E-state index in [1.165, 1.54) is 12.8 Å². The van der Waals surface area contributed by atoms with Crippen LogP contribution in [0.2, 0.25) is 5.02 Å². The molecule has 0 aromatic carbocycles. The van der Waals surface area contributed by atoms with E-state index in [1.807, 2.05) is 4.90 Å². The Morgan fingerprint density at radius 2 is 2.19 bits per heavy atom. The van der Waals surface area contributed by atoms with Crippen LogP contribution in [0.4, 0.5) is 5.82 Å². The quantitative estimate of drug-likeness (QED) is 0.860. The van der Waals surface area contributed by atoms with Crippen molar-refractivity contribution in [3.63, 3.8) is 0 Å². The van der Waals surface area contributed by atoms with Crippen LogP contribution in [0.25, 0.3) is 0 Å². The first-order valence-electron chi connectivity index (χ1n) is 7.48. The van der Waals surface area contributed by atoms with Gasteiger partial charge in [-0.2, -0.15) is 0 Å². The molecule has 1 aromatic rings. The summed E-state index contributed by atoms with van der Waals surface area (Å²) in [7, 11) is 2.19. The lowest BCUT2D eigenvalue weighted by Gasteiger charge is -2.45. The smallest absolute Gasteiger partial charge is 0.274 e. The fourth-order valence-corrected chi connectivity index (χ4v) is 3.78. The van der Waals surface area contributed by atoms with Crippen molar-refractivity contribution < 1.29 is 4.79 Å². The second-order valence-electron chi connectivity index (χ2n) is 6.06. The Bertz CT molecular complexity index is 550. The summed E-state index contributed by atoms with van der Waals surface area (Å²) in [5.74, 6) is 0.787. The van der Waals surface area contributed by atoms with E-state index < -0.39 is 0 Å². The van der Waals surface area contributed by atoms with Crippen LogP contribution in [-0.2, 0) is 0 Å². The van der Waals surface area contributed by atoms with Crippen molar-refractivity contribution in [3.05, 3.63) is 22.8 Å². The Morgan fingerprint density at radius 3 is 3.00 bits per heavy atom. The molecule has 2 aliphatic rings. The minimum atomic E-state index is -0.0982. The molecule has 1 aromatic heterocycles. The average molecular weight is 309 g/mol. The van der Waals surface area contributed by atoms with Crippen LogP contribution in [-0.4, -0.2) is 53.4 Å². The maximum Gasteiger partial charge on any atom is 0.274 e. The predicted molar refractivity (Wildman–Crippen MR) is 83.3 cm³/mol. The third kappa shape index (κ3) is 2.85. The molecule has 2 aliphatic heterocycles. The second-order valence-corrected chi connectivity index (χ2v) is 6.46. The van der Waals surface area contributed by atoms with Crippen molar-refractivity contribution in [2.75, 3.05) is 32.4 Å². The van der Waals surface area contributed by atoms with E-state index in [1.54, 1.807) is 12.1 Å². The SMILES string of the molecule is CN1CCCC2CN(C(=O)c3nc(N)ccc3Cl)CCC21. The van der Waals surface area contributed by atoms with E-state index >= 15 is 0 Å². The molecule has 0 radical (unpaired) electrons. The molecular formula is C15H21ClN4O. The molecule has 0 aliphatic carbocycles. The predicted octanol–water partition coefficient (Wildman–Crippen LogP) is 1.87. The van der Waals surface area contributed by atoms with Gasteiger partial charge in [0.1, 0.15) is 11.5 Å². The molecule has 5 nitrogen and oxygen atoms in total. The molecule has 2 unspecified atom stereocenters. The summed E-state index contributed by atoms with van der Waals surface area (Å²) in [4.78, 5) is 21.1. The van der Waals surface area contributed by atoms with E-state index in [-0.39, 0.29) is 11.6 Å². The highest BCUT2D eigenvalue weighted by Gasteiger charge is 2.36. The van der Waals surface area contributed by atoms with E-state index in [0.29, 0.717) is 22.8 Å². The lowest BCUT2D eigenvalue weighted by Crippen LogP contribution is -2.54. The number of hydrogen-bond donors (Lipinski definition) is 1. The summed E-state index contributed by atoms with van der Waals surface area (Å²) in [6.45, 7) is 2.72. The monoisotopic (exact) mass is 308 g/mol. The number of nitrogens with zero attached hydrogens (tertiary/aromatic N) is 3. The highest BCUT2D eigenvalue weighted by Crippen LogP contribution is 2.30. The van der Waals surface area contributed by atoms with Gasteiger partial charge >= 0.3 is 0 Å². The summed E-state index contributed by atoms with van der Waals surface area (Å²) in [5, 5.41) is 0.372. The molecule has 114 valence electrons. The van der Waals surface area contributed by atoms with Crippen LogP contribution in [0.15, 0.2) is 12.1 Å². The minimum absolute atomic E-state index is 0.0982. The molecule has 3 heterocycles. The van der Waals surface area contributed by atoms with Gasteiger partial charge in [0, 0.05) is 19.1 Å². The molecule has 6 heteroatoms. The first kappa shape index (κ1) is 14.6. The first-order chi connectivity index (χ1) is 10.1. The normalized spacial score (nSPS) is 26.5. The van der Waals surface area contributed by atoms with Gasteiger partial charge in [-0.3, -0.25) is 4.79 Å². The Hall–Kier alpha value is -1.33. The molecule has 0 spiro atoms. The number of halogens is 1. The van der Waals surface area contributed by atoms with Gasteiger partial charge in [0.25, 0.3) is 5.91 Å². The standard InChI is InChI=1S/C15H21ClN4O/c1-19-7-2-3-10-9-20(8-6-12(10)19)15(21)14-11(16)4-5-13(17)18-14/h4-5,10,12H,2-3,6-9H2,1H3,(H2,17,18). The number of anilines is 1. The van der Waals surface area contributed by atoms with Crippen molar-refractivity contribution in [2.24, 2.45) is 5.92 Å². The number of nitrogen functional groups attached to an aromatic ring is 1. The molecule has 0 bridgehead atoms. The zero-order valence-electron chi connectivity index (χ0n) is 12.3. The maximum absolute atomic E-state index is 12.6. The number of likely N-dealkylation sites (tertiary alicyclic amines) is 2. The van der Waals surface area contributed by atoms with Crippen LogP contribution in [0.5, 0.6) is 0 Å². The number of amides is 1. The average Bonchev–Trinajstić information content (AvgIpc) is 2.49. The summed E-state index contributed by atoms with van der Waals surface area (Å²) in [6.07, 6.45) is 3.42. The van der Waals surface area contributed by atoms with Crippen LogP contribution in [0.1, 0.15) is 29.8 Å². The molecule has 2 fully saturated rings. The highest BCUT2D eigenvalue weighted by molar-refractivity contribution is 6.33. The Kier molecular flexibility index (Phi) is 4.04. The fourth-order valence-electron chi connectivity index (χ4n) is 3.59. The molecule has 21 heavy (non-hydrogen) atoms. The number of pyridine rings is 1. The number of carbonyl (C=O) groups excluding carboxylic acids is 1. The molecule has 2 N–H and O–H groups in total. The largest absolute Gasteiger partial charge is 0.384 e. The van der Waals surface area contributed by atoms with Crippen molar-refractivity contribution in [3.8, 4) is 0 Å². The number of aromatic nitrogens is 1. The van der Waals surface area contributed by atoms with E-state index in [2.05, 4.69) is 16.9 Å². The van der Waals surface area contributed by atoms with Gasteiger partial charge in [0.15, 0.2) is 0 Å². The first-order valence-corrected chi connectivity index (χ1v) is 7.85. The molecule has 2 saturated heterocycles. The van der Waals surface area contributed by atoms with Crippen LogP contribution in [0.3, 0.4) is 0 Å². The topological polar surface area (TPSA) is 62.5 Å². The van der Waals surface area contributed by atoms with Gasteiger partial charge in [-0.15, -0.1) is 0 Å². The van der Waals surface area contributed by atoms with Crippen LogP contribution < -0.4 is 5.73 Å². The number of hydrogen-bond acceptors (Lipinski definition) is 4. The minimum Gasteiger partial charge on any atom is -0.384 e. The number of piperidine rings is 2. The van der Waals surface area contributed by atoms with Gasteiger partial charge < -0.3 is 15.5 Å². The summed E-state index contributed by atoms with van der Waals surface area (Å²) in [5.41, 5.74) is 5.95. The zero-order chi connectivity index (χ0) is 15.0. The summed E-state index contributed by atoms with van der Waals surface area (Å²) >= 11 is 6.10. The Balaban J connectivity index is 1.76. The zero-order valence-corrected chi connectivity index (χ0v) is 13.0. The Morgan fingerprint density at radius 1 is 1.38 bits per heavy atom. The molecular weight excluding hydrogens is 288 g/mol. The van der Waals surface area contributed by atoms with Crippen molar-refractivity contribution in [1.29, 1.82) is 0 Å². The van der Waals surface area contributed by atoms with Crippen molar-refractivity contribution in [2.45, 2.75) is 25.3 Å². The Labute approximate surface area is 130 Å². The number of nitrogens with two attached hydrogens (primary N) is 1. The molecule has 2 atom stereocenters. The number of fused-ring (bicyclic) bond motifs is 1. The molecule has 3 rings (SSSR count). The fraction of sp³-hybridized carbons (Fsp3) is 0.600. The van der Waals surface area contributed by atoms with Gasteiger partial charge in [0.2, 0.25) is 0 Å². The molecule has 1 amide bonds. The number of rotatable bonds is 1. The summed E-state index contributed by atoms with van der Waals surface area (Å²) in [6, 6.07) is 3.85. The van der Waals surface area contributed by atoms with Crippen molar-refractivity contribution in [1.82, 2.24) is 14.8 Å². The second kappa shape index (κ2) is 5.81. The van der Waals surface area contributed by atoms with E-state index in [4.69, 9.17) is 17.3 Å². The molecule has 0 saturated carbocycles. The van der Waals surface area contributed by atoms with Crippen LogP contribution >= 0.6 is 11.6 Å². The van der Waals surface area contributed by atoms with Gasteiger partial charge in [0.05, 0.1) is 5.02 Å². The summed E-state index contributed by atoms with van der Waals surface area (Å²) < 4.78 is 0. The third-order valence-corrected chi connectivity index (χ3v) is 5.01. The van der Waals surface area contributed by atoms with Crippen molar-refractivity contribution >= 4 is 23.3 Å². The lowest BCUT2D eigenvalue weighted by molar-refractivity contribution is 0.0313.